The Morgan fingerprint density at radius 2 is 1.59 bits per heavy atom. The molecule has 0 atom stereocenters. The third kappa shape index (κ3) is 3.47. The second-order valence-electron chi connectivity index (χ2n) is 5.81. The maximum absolute atomic E-state index is 10.2. The molecule has 0 aliphatic carbocycles. The van der Waals surface area contributed by atoms with Crippen LogP contribution >= 0.6 is 15.9 Å². The monoisotopic (exact) mass is 432 g/mol. The second kappa shape index (κ2) is 7.92. The molecule has 3 rings (SSSR count). The van der Waals surface area contributed by atoms with Gasteiger partial charge in [-0.2, -0.15) is 0 Å². The molecule has 7 heteroatoms. The maximum atomic E-state index is 10.2. The van der Waals surface area contributed by atoms with Gasteiger partial charge in [0.05, 0.1) is 39.0 Å². The van der Waals surface area contributed by atoms with Crippen LogP contribution in [0.4, 0.5) is 0 Å². The summed E-state index contributed by atoms with van der Waals surface area (Å²) in [5.41, 5.74) is 3.35. The van der Waals surface area contributed by atoms with Gasteiger partial charge < -0.3 is 23.9 Å². The Morgan fingerprint density at radius 1 is 0.963 bits per heavy atom. The number of aromatic nitrogens is 2. The lowest BCUT2D eigenvalue weighted by molar-refractivity contribution is 0.373. The fraction of sp³-hybridized carbons (Fsp3) is 0.250. The molecule has 142 valence electrons. The van der Waals surface area contributed by atoms with Gasteiger partial charge in [0.25, 0.3) is 0 Å². The lowest BCUT2D eigenvalue weighted by atomic mass is 10.0. The zero-order chi connectivity index (χ0) is 19.6. The fourth-order valence-electron chi connectivity index (χ4n) is 2.98. The van der Waals surface area contributed by atoms with Gasteiger partial charge in [0, 0.05) is 17.7 Å². The molecule has 0 spiro atoms. The van der Waals surface area contributed by atoms with Crippen LogP contribution in [0.2, 0.25) is 0 Å². The highest BCUT2D eigenvalue weighted by molar-refractivity contribution is 9.10. The second-order valence-corrected chi connectivity index (χ2v) is 6.60. The molecule has 0 radical (unpaired) electrons. The Labute approximate surface area is 166 Å². The zero-order valence-corrected chi connectivity index (χ0v) is 17.2. The van der Waals surface area contributed by atoms with Gasteiger partial charge in [-0.15, -0.1) is 0 Å². The van der Waals surface area contributed by atoms with E-state index in [1.54, 1.807) is 32.7 Å². The molecular weight excluding hydrogens is 412 g/mol. The van der Waals surface area contributed by atoms with Crippen molar-refractivity contribution in [1.29, 1.82) is 0 Å². The van der Waals surface area contributed by atoms with E-state index in [9.17, 15) is 5.11 Å². The summed E-state index contributed by atoms with van der Waals surface area (Å²) in [5.74, 6) is 1.81. The maximum Gasteiger partial charge on any atom is 0.160 e. The first-order valence-corrected chi connectivity index (χ1v) is 9.17. The molecule has 3 aromatic rings. The number of rotatable bonds is 6. The summed E-state index contributed by atoms with van der Waals surface area (Å²) in [4.78, 5) is 4.61. The number of hydrogen-bond acceptors (Lipinski definition) is 5. The van der Waals surface area contributed by atoms with E-state index in [4.69, 9.17) is 14.2 Å². The quantitative estimate of drug-likeness (QED) is 0.609. The van der Waals surface area contributed by atoms with Gasteiger partial charge in [-0.3, -0.25) is 0 Å². The minimum Gasteiger partial charge on any atom is -0.504 e. The molecule has 0 unspecified atom stereocenters. The Hall–Kier alpha value is -2.67. The number of aromatic hydroxyl groups is 1. The first kappa shape index (κ1) is 19.1. The summed E-state index contributed by atoms with van der Waals surface area (Å²) < 4.78 is 18.8. The third-order valence-electron chi connectivity index (χ3n) is 4.35. The summed E-state index contributed by atoms with van der Waals surface area (Å²) >= 11 is 3.49. The van der Waals surface area contributed by atoms with E-state index < -0.39 is 0 Å². The average Bonchev–Trinajstić information content (AvgIpc) is 3.12. The van der Waals surface area contributed by atoms with Crippen LogP contribution in [0.5, 0.6) is 23.0 Å². The molecule has 0 aliphatic heterocycles. The average molecular weight is 433 g/mol. The number of nitrogens with zero attached hydrogens (tertiary/aromatic N) is 2. The van der Waals surface area contributed by atoms with E-state index in [0.717, 1.165) is 33.5 Å². The molecule has 27 heavy (non-hydrogen) atoms. The van der Waals surface area contributed by atoms with Gasteiger partial charge in [0.15, 0.2) is 11.5 Å². The summed E-state index contributed by atoms with van der Waals surface area (Å²) in [6.45, 7) is 2.78. The third-order valence-corrected chi connectivity index (χ3v) is 5.13. The lowest BCUT2D eigenvalue weighted by Gasteiger charge is -2.13. The van der Waals surface area contributed by atoms with Gasteiger partial charge in [-0.25, -0.2) is 4.98 Å². The fourth-order valence-corrected chi connectivity index (χ4v) is 3.53. The summed E-state index contributed by atoms with van der Waals surface area (Å²) in [6.07, 6.45) is 1.78. The predicted molar refractivity (Wildman–Crippen MR) is 108 cm³/mol. The highest BCUT2D eigenvalue weighted by Crippen LogP contribution is 2.42. The highest BCUT2D eigenvalue weighted by Gasteiger charge is 2.19. The van der Waals surface area contributed by atoms with Crippen LogP contribution in [0.3, 0.4) is 0 Å². The molecule has 0 bridgehead atoms. The van der Waals surface area contributed by atoms with Crippen LogP contribution in [0, 0.1) is 0 Å². The zero-order valence-electron chi connectivity index (χ0n) is 15.6. The number of benzene rings is 2. The van der Waals surface area contributed by atoms with Crippen molar-refractivity contribution in [2.24, 2.45) is 0 Å². The van der Waals surface area contributed by atoms with Crippen molar-refractivity contribution in [1.82, 2.24) is 9.55 Å². The van der Waals surface area contributed by atoms with E-state index in [2.05, 4.69) is 20.9 Å². The molecule has 0 saturated carbocycles. The van der Waals surface area contributed by atoms with Crippen molar-refractivity contribution in [3.05, 3.63) is 41.1 Å². The standard InChI is InChI=1S/C20H21BrN2O4/c1-5-23-11-22-19(13-9-16(26-3)18(21)17(10-13)27-4)20(23)12-6-7-15(25-2)14(24)8-12/h6-11,24H,5H2,1-4H3. The van der Waals surface area contributed by atoms with Gasteiger partial charge in [0.2, 0.25) is 0 Å². The molecule has 0 aliphatic rings. The van der Waals surface area contributed by atoms with Crippen LogP contribution in [0.15, 0.2) is 41.1 Å². The first-order valence-electron chi connectivity index (χ1n) is 8.38. The van der Waals surface area contributed by atoms with Crippen LogP contribution in [-0.4, -0.2) is 36.0 Å². The van der Waals surface area contributed by atoms with Crippen molar-refractivity contribution in [3.8, 4) is 45.5 Å². The Kier molecular flexibility index (Phi) is 5.60. The summed E-state index contributed by atoms with van der Waals surface area (Å²) in [7, 11) is 4.74. The highest BCUT2D eigenvalue weighted by atomic mass is 79.9. The van der Waals surface area contributed by atoms with Gasteiger partial charge >= 0.3 is 0 Å². The van der Waals surface area contributed by atoms with Crippen molar-refractivity contribution in [2.75, 3.05) is 21.3 Å². The number of ether oxygens (including phenoxy) is 3. The Morgan fingerprint density at radius 3 is 2.11 bits per heavy atom. The van der Waals surface area contributed by atoms with Crippen molar-refractivity contribution >= 4 is 15.9 Å². The van der Waals surface area contributed by atoms with Gasteiger partial charge in [-0.05, 0) is 53.2 Å². The van der Waals surface area contributed by atoms with Crippen molar-refractivity contribution < 1.29 is 19.3 Å². The number of methoxy groups -OCH3 is 3. The van der Waals surface area contributed by atoms with E-state index in [1.807, 2.05) is 29.7 Å². The number of phenolic OH excluding ortho intramolecular Hbond substituents is 1. The first-order chi connectivity index (χ1) is 13.0. The Bertz CT molecular complexity index is 944. The minimum atomic E-state index is 0.0794. The van der Waals surface area contributed by atoms with Crippen LogP contribution in [0.1, 0.15) is 6.92 Å². The normalized spacial score (nSPS) is 10.7. The number of phenols is 1. The lowest BCUT2D eigenvalue weighted by Crippen LogP contribution is -1.97. The number of imidazole rings is 1. The van der Waals surface area contributed by atoms with E-state index in [1.165, 1.54) is 7.11 Å². The molecule has 2 aromatic carbocycles. The molecule has 0 saturated heterocycles. The van der Waals surface area contributed by atoms with Crippen LogP contribution in [-0.2, 0) is 6.54 Å². The Balaban J connectivity index is 2.22. The number of halogens is 1. The SMILES string of the molecule is CCn1cnc(-c2cc(OC)c(Br)c(OC)c2)c1-c1ccc(OC)c(O)c1. The van der Waals surface area contributed by atoms with Crippen molar-refractivity contribution in [2.45, 2.75) is 13.5 Å². The smallest absolute Gasteiger partial charge is 0.160 e. The molecule has 1 N–H and O–H groups in total. The summed E-state index contributed by atoms with van der Waals surface area (Å²) in [6, 6.07) is 9.13. The molecule has 6 nitrogen and oxygen atoms in total. The predicted octanol–water partition coefficient (Wildman–Crippen LogP) is 4.73. The number of hydrogen-bond donors (Lipinski definition) is 1. The van der Waals surface area contributed by atoms with E-state index in [-0.39, 0.29) is 5.75 Å². The van der Waals surface area contributed by atoms with Crippen molar-refractivity contribution in [3.63, 3.8) is 0 Å². The van der Waals surface area contributed by atoms with E-state index >= 15 is 0 Å². The van der Waals surface area contributed by atoms with Crippen LogP contribution < -0.4 is 14.2 Å². The summed E-state index contributed by atoms with van der Waals surface area (Å²) in [5, 5.41) is 10.2. The molecule has 1 heterocycles. The minimum absolute atomic E-state index is 0.0794. The largest absolute Gasteiger partial charge is 0.504 e. The molecule has 1 aromatic heterocycles. The molecule has 0 fully saturated rings. The molecule has 0 amide bonds. The topological polar surface area (TPSA) is 65.7 Å². The van der Waals surface area contributed by atoms with E-state index in [0.29, 0.717) is 17.2 Å². The number of aryl methyl sites for hydroxylation is 1. The molecular formula is C20H21BrN2O4. The van der Waals surface area contributed by atoms with Crippen LogP contribution in [0.25, 0.3) is 22.5 Å². The van der Waals surface area contributed by atoms with Gasteiger partial charge in [0.1, 0.15) is 16.0 Å². The van der Waals surface area contributed by atoms with Gasteiger partial charge in [-0.1, -0.05) is 0 Å².